The Kier molecular flexibility index (Phi) is 7.28. The van der Waals surface area contributed by atoms with Gasteiger partial charge in [-0.25, -0.2) is 19.6 Å². The standard InChI is InChI=1S/C17H19N5O.C4H4O4/c23-16(13-4-2-1-3-5-13)20-14-10-18-17(19-11-14)22-9-8-21-7-6-15(22)12-21;5-3(6)1-2-4(7)8/h1-5,10-11,15H,6-9,12H2,(H,20,23);1-2H,(H,5,6)(H,7,8)/b;2-1+. The van der Waals surface area contributed by atoms with E-state index in [4.69, 9.17) is 10.2 Å². The number of anilines is 2. The van der Waals surface area contributed by atoms with Gasteiger partial charge in [0.05, 0.1) is 18.1 Å². The van der Waals surface area contributed by atoms with Crippen molar-refractivity contribution in [2.75, 3.05) is 36.4 Å². The average molecular weight is 425 g/mol. The number of aromatic nitrogens is 2. The van der Waals surface area contributed by atoms with Crippen LogP contribution in [0.5, 0.6) is 0 Å². The molecule has 2 atom stereocenters. The van der Waals surface area contributed by atoms with Crippen molar-refractivity contribution in [2.45, 2.75) is 12.5 Å². The first-order valence-corrected chi connectivity index (χ1v) is 9.74. The third-order valence-electron chi connectivity index (χ3n) is 4.90. The van der Waals surface area contributed by atoms with Gasteiger partial charge >= 0.3 is 11.9 Å². The van der Waals surface area contributed by atoms with E-state index in [9.17, 15) is 14.4 Å². The zero-order valence-electron chi connectivity index (χ0n) is 16.7. The molecule has 2 bridgehead atoms. The van der Waals surface area contributed by atoms with Gasteiger partial charge in [-0.2, -0.15) is 0 Å². The lowest BCUT2D eigenvalue weighted by Crippen LogP contribution is -2.47. The highest BCUT2D eigenvalue weighted by atomic mass is 16.4. The molecule has 3 heterocycles. The number of rotatable bonds is 5. The minimum absolute atomic E-state index is 0.147. The molecule has 1 amide bonds. The largest absolute Gasteiger partial charge is 0.478 e. The lowest BCUT2D eigenvalue weighted by atomic mass is 10.2. The molecule has 4 rings (SSSR count). The number of carbonyl (C=O) groups excluding carboxylic acids is 1. The molecule has 2 fully saturated rings. The van der Waals surface area contributed by atoms with E-state index < -0.39 is 11.9 Å². The van der Waals surface area contributed by atoms with E-state index in [1.54, 1.807) is 24.5 Å². The molecule has 31 heavy (non-hydrogen) atoms. The normalized spacial score (nSPS) is 19.4. The Balaban J connectivity index is 0.000000293. The lowest BCUT2D eigenvalue weighted by molar-refractivity contribution is -0.134. The molecule has 2 aromatic rings. The highest BCUT2D eigenvalue weighted by Crippen LogP contribution is 2.24. The van der Waals surface area contributed by atoms with Crippen LogP contribution in [0.25, 0.3) is 0 Å². The number of carboxylic acids is 2. The second-order valence-corrected chi connectivity index (χ2v) is 7.04. The first-order valence-electron chi connectivity index (χ1n) is 9.74. The molecule has 2 unspecified atom stereocenters. The third kappa shape index (κ3) is 6.34. The van der Waals surface area contributed by atoms with E-state index in [0.29, 0.717) is 29.4 Å². The van der Waals surface area contributed by atoms with Gasteiger partial charge in [0.1, 0.15) is 0 Å². The zero-order valence-corrected chi connectivity index (χ0v) is 16.7. The third-order valence-corrected chi connectivity index (χ3v) is 4.90. The molecule has 10 heteroatoms. The first-order chi connectivity index (χ1) is 14.9. The van der Waals surface area contributed by atoms with E-state index in [0.717, 1.165) is 25.6 Å². The number of carboxylic acid groups (broad SMARTS) is 2. The smallest absolute Gasteiger partial charge is 0.328 e. The van der Waals surface area contributed by atoms with Crippen LogP contribution in [0.2, 0.25) is 0 Å². The molecule has 2 aliphatic heterocycles. The Morgan fingerprint density at radius 3 is 2.23 bits per heavy atom. The molecule has 162 valence electrons. The second-order valence-electron chi connectivity index (χ2n) is 7.04. The number of aliphatic carboxylic acids is 2. The minimum atomic E-state index is -1.26. The number of nitrogens with one attached hydrogen (secondary N) is 1. The highest BCUT2D eigenvalue weighted by Gasteiger charge is 2.33. The van der Waals surface area contributed by atoms with E-state index in [2.05, 4.69) is 25.1 Å². The van der Waals surface area contributed by atoms with Crippen molar-refractivity contribution in [1.82, 2.24) is 14.9 Å². The zero-order chi connectivity index (χ0) is 22.2. The summed E-state index contributed by atoms with van der Waals surface area (Å²) < 4.78 is 0. The molecular formula is C21H23N5O5. The van der Waals surface area contributed by atoms with E-state index in [1.807, 2.05) is 18.2 Å². The molecule has 10 nitrogen and oxygen atoms in total. The van der Waals surface area contributed by atoms with Crippen LogP contribution >= 0.6 is 0 Å². The van der Waals surface area contributed by atoms with E-state index in [1.165, 1.54) is 13.0 Å². The van der Waals surface area contributed by atoms with Crippen molar-refractivity contribution in [3.05, 3.63) is 60.4 Å². The van der Waals surface area contributed by atoms with Gasteiger partial charge in [-0.05, 0) is 18.6 Å². The Hall–Kier alpha value is -3.79. The van der Waals surface area contributed by atoms with Crippen LogP contribution in [0.15, 0.2) is 54.9 Å². The Labute approximate surface area is 178 Å². The van der Waals surface area contributed by atoms with Crippen LogP contribution in [-0.2, 0) is 9.59 Å². The van der Waals surface area contributed by atoms with Gasteiger partial charge in [-0.15, -0.1) is 0 Å². The number of amides is 1. The number of hydrogen-bond donors (Lipinski definition) is 3. The summed E-state index contributed by atoms with van der Waals surface area (Å²) in [6, 6.07) is 9.66. The topological polar surface area (TPSA) is 136 Å². The van der Waals surface area contributed by atoms with E-state index in [-0.39, 0.29) is 5.91 Å². The number of carbonyl (C=O) groups is 3. The van der Waals surface area contributed by atoms with Gasteiger partial charge in [0.25, 0.3) is 5.91 Å². The monoisotopic (exact) mass is 425 g/mol. The number of fused-ring (bicyclic) bond motifs is 2. The Morgan fingerprint density at radius 2 is 1.61 bits per heavy atom. The molecule has 0 aliphatic carbocycles. The quantitative estimate of drug-likeness (QED) is 0.606. The van der Waals surface area contributed by atoms with Crippen LogP contribution < -0.4 is 10.2 Å². The van der Waals surface area contributed by atoms with E-state index >= 15 is 0 Å². The maximum atomic E-state index is 12.1. The summed E-state index contributed by atoms with van der Waals surface area (Å²) in [7, 11) is 0. The summed E-state index contributed by atoms with van der Waals surface area (Å²) in [4.78, 5) is 44.9. The summed E-state index contributed by atoms with van der Waals surface area (Å²) in [6.07, 6.45) is 5.66. The van der Waals surface area contributed by atoms with Gasteiger partial charge in [0, 0.05) is 49.9 Å². The molecule has 1 aromatic carbocycles. The summed E-state index contributed by atoms with van der Waals surface area (Å²) in [5.41, 5.74) is 1.24. The van der Waals surface area contributed by atoms with Gasteiger partial charge in [-0.1, -0.05) is 18.2 Å². The van der Waals surface area contributed by atoms with Crippen LogP contribution in [0.3, 0.4) is 0 Å². The van der Waals surface area contributed by atoms with Crippen LogP contribution in [0, 0.1) is 0 Å². The molecule has 2 saturated heterocycles. The van der Waals surface area contributed by atoms with Gasteiger partial charge in [0.15, 0.2) is 0 Å². The molecule has 0 radical (unpaired) electrons. The summed E-state index contributed by atoms with van der Waals surface area (Å²) in [5.74, 6) is -1.90. The van der Waals surface area contributed by atoms with Crippen molar-refractivity contribution in [3.8, 4) is 0 Å². The van der Waals surface area contributed by atoms with Gasteiger partial charge in [-0.3, -0.25) is 9.69 Å². The molecular weight excluding hydrogens is 402 g/mol. The number of piperazine rings is 1. The minimum Gasteiger partial charge on any atom is -0.478 e. The highest BCUT2D eigenvalue weighted by molar-refractivity contribution is 6.04. The van der Waals surface area contributed by atoms with Crippen molar-refractivity contribution >= 4 is 29.5 Å². The fourth-order valence-electron chi connectivity index (χ4n) is 3.43. The van der Waals surface area contributed by atoms with Crippen LogP contribution in [0.1, 0.15) is 16.8 Å². The van der Waals surface area contributed by atoms with Gasteiger partial charge in [0.2, 0.25) is 5.95 Å². The van der Waals surface area contributed by atoms with Crippen LogP contribution in [-0.4, -0.2) is 75.1 Å². The summed E-state index contributed by atoms with van der Waals surface area (Å²) >= 11 is 0. The summed E-state index contributed by atoms with van der Waals surface area (Å²) in [5, 5.41) is 18.5. The van der Waals surface area contributed by atoms with Gasteiger partial charge < -0.3 is 20.4 Å². The molecule has 2 aliphatic rings. The predicted molar refractivity (Wildman–Crippen MR) is 113 cm³/mol. The van der Waals surface area contributed by atoms with Crippen molar-refractivity contribution in [2.24, 2.45) is 0 Å². The van der Waals surface area contributed by atoms with Crippen LogP contribution in [0.4, 0.5) is 11.6 Å². The lowest BCUT2D eigenvalue weighted by Gasteiger charge is -2.34. The number of benzene rings is 1. The second kappa shape index (κ2) is 10.3. The molecule has 0 spiro atoms. The van der Waals surface area contributed by atoms with Crippen molar-refractivity contribution in [3.63, 3.8) is 0 Å². The predicted octanol–water partition coefficient (Wildman–Crippen LogP) is 1.33. The number of nitrogens with zero attached hydrogens (tertiary/aromatic N) is 4. The molecule has 1 aromatic heterocycles. The number of hydrogen-bond acceptors (Lipinski definition) is 7. The first kappa shape index (κ1) is 21.9. The Morgan fingerprint density at radius 1 is 0.968 bits per heavy atom. The Bertz CT molecular complexity index is 932. The fourth-order valence-corrected chi connectivity index (χ4v) is 3.43. The van der Waals surface area contributed by atoms with Crippen molar-refractivity contribution in [1.29, 1.82) is 0 Å². The average Bonchev–Trinajstić information content (AvgIpc) is 3.15. The molecule has 0 saturated carbocycles. The maximum absolute atomic E-state index is 12.1. The summed E-state index contributed by atoms with van der Waals surface area (Å²) in [6.45, 7) is 4.33. The SMILES string of the molecule is O=C(Nc1cnc(N2CCN3CCC2C3)nc1)c1ccccc1.O=C(O)/C=C/C(=O)O. The fraction of sp³-hybridized carbons (Fsp3) is 0.286. The maximum Gasteiger partial charge on any atom is 0.328 e. The van der Waals surface area contributed by atoms with Crippen molar-refractivity contribution < 1.29 is 24.6 Å². The molecule has 3 N–H and O–H groups in total.